The minimum absolute atomic E-state index is 0.0489. The highest BCUT2D eigenvalue weighted by atomic mass is 16.2. The number of hydrogen-bond acceptors (Lipinski definition) is 4. The number of aromatic nitrogens is 3. The smallest absolute Gasteiger partial charge is 0.227 e. The summed E-state index contributed by atoms with van der Waals surface area (Å²) in [5, 5.41) is 4.19. The van der Waals surface area contributed by atoms with E-state index in [2.05, 4.69) is 21.0 Å². The van der Waals surface area contributed by atoms with Crippen molar-refractivity contribution in [3.8, 4) is 0 Å². The van der Waals surface area contributed by atoms with Gasteiger partial charge in [-0.2, -0.15) is 5.10 Å². The SMILES string of the molecule is C[C@@H](Cn1cccn1)C(=O)N1CCCN(Cc2ccccn2)CC1. The maximum absolute atomic E-state index is 12.7. The third-order valence-corrected chi connectivity index (χ3v) is 4.45. The van der Waals surface area contributed by atoms with E-state index in [9.17, 15) is 4.79 Å². The van der Waals surface area contributed by atoms with E-state index in [1.165, 1.54) is 0 Å². The van der Waals surface area contributed by atoms with Crippen molar-refractivity contribution in [2.75, 3.05) is 26.2 Å². The molecule has 24 heavy (non-hydrogen) atoms. The summed E-state index contributed by atoms with van der Waals surface area (Å²) in [6, 6.07) is 7.90. The average Bonchev–Trinajstić information content (AvgIpc) is 3.00. The summed E-state index contributed by atoms with van der Waals surface area (Å²) in [6.45, 7) is 7.01. The Morgan fingerprint density at radius 1 is 1.17 bits per heavy atom. The van der Waals surface area contributed by atoms with Crippen LogP contribution < -0.4 is 0 Å². The van der Waals surface area contributed by atoms with E-state index in [1.54, 1.807) is 6.20 Å². The molecule has 1 saturated heterocycles. The predicted molar refractivity (Wildman–Crippen MR) is 92.1 cm³/mol. The Labute approximate surface area is 143 Å². The van der Waals surface area contributed by atoms with Gasteiger partial charge in [-0.3, -0.25) is 19.4 Å². The number of pyridine rings is 1. The van der Waals surface area contributed by atoms with Crippen LogP contribution in [0.15, 0.2) is 42.9 Å². The zero-order chi connectivity index (χ0) is 16.8. The Morgan fingerprint density at radius 2 is 2.08 bits per heavy atom. The van der Waals surface area contributed by atoms with Crippen molar-refractivity contribution in [3.05, 3.63) is 48.5 Å². The first-order valence-corrected chi connectivity index (χ1v) is 8.61. The average molecular weight is 327 g/mol. The van der Waals surface area contributed by atoms with E-state index >= 15 is 0 Å². The molecule has 1 atom stereocenters. The van der Waals surface area contributed by atoms with Crippen LogP contribution in [0, 0.1) is 5.92 Å². The summed E-state index contributed by atoms with van der Waals surface area (Å²) >= 11 is 0. The van der Waals surface area contributed by atoms with Crippen LogP contribution in [-0.2, 0) is 17.9 Å². The molecule has 1 aliphatic rings. The van der Waals surface area contributed by atoms with Gasteiger partial charge in [-0.1, -0.05) is 13.0 Å². The molecule has 0 unspecified atom stereocenters. The minimum Gasteiger partial charge on any atom is -0.341 e. The van der Waals surface area contributed by atoms with Gasteiger partial charge in [0.05, 0.1) is 18.2 Å². The second-order valence-corrected chi connectivity index (χ2v) is 6.41. The lowest BCUT2D eigenvalue weighted by atomic mass is 10.1. The largest absolute Gasteiger partial charge is 0.341 e. The van der Waals surface area contributed by atoms with Crippen molar-refractivity contribution in [2.45, 2.75) is 26.4 Å². The summed E-state index contributed by atoms with van der Waals surface area (Å²) in [7, 11) is 0. The maximum Gasteiger partial charge on any atom is 0.227 e. The van der Waals surface area contributed by atoms with E-state index in [-0.39, 0.29) is 11.8 Å². The molecule has 0 spiro atoms. The first-order chi connectivity index (χ1) is 11.7. The number of carbonyl (C=O) groups excluding carboxylic acids is 1. The standard InChI is InChI=1S/C18H25N5O/c1-16(14-23-11-4-8-20-23)18(24)22-10-5-9-21(12-13-22)15-17-6-2-3-7-19-17/h2-4,6-8,11,16H,5,9-10,12-15H2,1H3/t16-/m0/s1. The van der Waals surface area contributed by atoms with E-state index in [1.807, 2.05) is 47.1 Å². The van der Waals surface area contributed by atoms with Crippen molar-refractivity contribution in [1.29, 1.82) is 0 Å². The van der Waals surface area contributed by atoms with Crippen molar-refractivity contribution in [1.82, 2.24) is 24.6 Å². The van der Waals surface area contributed by atoms with Gasteiger partial charge >= 0.3 is 0 Å². The van der Waals surface area contributed by atoms with E-state index in [4.69, 9.17) is 0 Å². The molecule has 0 radical (unpaired) electrons. The number of hydrogen-bond donors (Lipinski definition) is 0. The summed E-state index contributed by atoms with van der Waals surface area (Å²) < 4.78 is 1.83. The lowest BCUT2D eigenvalue weighted by molar-refractivity contribution is -0.135. The molecule has 1 aliphatic heterocycles. The third kappa shape index (κ3) is 4.41. The van der Waals surface area contributed by atoms with Crippen molar-refractivity contribution >= 4 is 5.91 Å². The monoisotopic (exact) mass is 327 g/mol. The van der Waals surface area contributed by atoms with Gasteiger partial charge < -0.3 is 4.90 Å². The second kappa shape index (κ2) is 8.06. The number of nitrogens with zero attached hydrogens (tertiary/aromatic N) is 5. The fourth-order valence-corrected chi connectivity index (χ4v) is 3.15. The van der Waals surface area contributed by atoms with Crippen LogP contribution >= 0.6 is 0 Å². The van der Waals surface area contributed by atoms with Crippen molar-refractivity contribution < 1.29 is 4.79 Å². The second-order valence-electron chi connectivity index (χ2n) is 6.41. The lowest BCUT2D eigenvalue weighted by Crippen LogP contribution is -2.39. The molecule has 2 aromatic heterocycles. The summed E-state index contributed by atoms with van der Waals surface area (Å²) in [4.78, 5) is 21.5. The summed E-state index contributed by atoms with van der Waals surface area (Å²) in [5.41, 5.74) is 1.09. The number of amides is 1. The first-order valence-electron chi connectivity index (χ1n) is 8.61. The molecule has 6 heteroatoms. The Hall–Kier alpha value is -2.21. The molecule has 128 valence electrons. The van der Waals surface area contributed by atoms with Gasteiger partial charge in [-0.25, -0.2) is 0 Å². The van der Waals surface area contributed by atoms with Gasteiger partial charge in [0.25, 0.3) is 0 Å². The topological polar surface area (TPSA) is 54.3 Å². The molecule has 0 aliphatic carbocycles. The van der Waals surface area contributed by atoms with Crippen LogP contribution in [-0.4, -0.2) is 56.7 Å². The van der Waals surface area contributed by atoms with E-state index in [0.717, 1.165) is 44.8 Å². The quantitative estimate of drug-likeness (QED) is 0.838. The molecule has 0 saturated carbocycles. The van der Waals surface area contributed by atoms with Crippen LogP contribution in [0.4, 0.5) is 0 Å². The van der Waals surface area contributed by atoms with Gasteiger partial charge in [-0.05, 0) is 24.6 Å². The van der Waals surface area contributed by atoms with Crippen LogP contribution in [0.25, 0.3) is 0 Å². The summed E-state index contributed by atoms with van der Waals surface area (Å²) in [5.74, 6) is 0.178. The van der Waals surface area contributed by atoms with Gasteiger partial charge in [0.15, 0.2) is 0 Å². The molecule has 0 aromatic carbocycles. The van der Waals surface area contributed by atoms with E-state index in [0.29, 0.717) is 6.54 Å². The first kappa shape index (κ1) is 16.6. The molecule has 0 bridgehead atoms. The fourth-order valence-electron chi connectivity index (χ4n) is 3.15. The highest BCUT2D eigenvalue weighted by Crippen LogP contribution is 2.11. The zero-order valence-corrected chi connectivity index (χ0v) is 14.2. The molecule has 1 fully saturated rings. The molecule has 1 amide bonds. The molecular weight excluding hydrogens is 302 g/mol. The Balaban J connectivity index is 1.52. The number of carbonyl (C=O) groups is 1. The molecule has 6 nitrogen and oxygen atoms in total. The lowest BCUT2D eigenvalue weighted by Gasteiger charge is -2.24. The third-order valence-electron chi connectivity index (χ3n) is 4.45. The van der Waals surface area contributed by atoms with Gasteiger partial charge in [-0.15, -0.1) is 0 Å². The number of rotatable bonds is 5. The van der Waals surface area contributed by atoms with Crippen LogP contribution in [0.2, 0.25) is 0 Å². The van der Waals surface area contributed by atoms with E-state index < -0.39 is 0 Å². The maximum atomic E-state index is 12.7. The van der Waals surface area contributed by atoms with Crippen LogP contribution in [0.3, 0.4) is 0 Å². The Bertz CT molecular complexity index is 628. The van der Waals surface area contributed by atoms with Crippen LogP contribution in [0.5, 0.6) is 0 Å². The Kier molecular flexibility index (Phi) is 5.59. The summed E-state index contributed by atoms with van der Waals surface area (Å²) in [6.07, 6.45) is 6.49. The fraction of sp³-hybridized carbons (Fsp3) is 0.500. The zero-order valence-electron chi connectivity index (χ0n) is 14.2. The van der Waals surface area contributed by atoms with Crippen molar-refractivity contribution in [3.63, 3.8) is 0 Å². The molecule has 0 N–H and O–H groups in total. The molecule has 3 rings (SSSR count). The van der Waals surface area contributed by atoms with Gasteiger partial charge in [0.2, 0.25) is 5.91 Å². The van der Waals surface area contributed by atoms with Crippen molar-refractivity contribution in [2.24, 2.45) is 5.92 Å². The highest BCUT2D eigenvalue weighted by Gasteiger charge is 2.23. The van der Waals surface area contributed by atoms with Crippen LogP contribution in [0.1, 0.15) is 19.0 Å². The molecule has 3 heterocycles. The van der Waals surface area contributed by atoms with Gasteiger partial charge in [0.1, 0.15) is 0 Å². The predicted octanol–water partition coefficient (Wildman–Crippen LogP) is 1.65. The molecule has 2 aromatic rings. The van der Waals surface area contributed by atoms with Gasteiger partial charge in [0, 0.05) is 51.3 Å². The highest BCUT2D eigenvalue weighted by molar-refractivity contribution is 5.78. The minimum atomic E-state index is -0.0489. The normalized spacial score (nSPS) is 17.5. The Morgan fingerprint density at radius 3 is 2.83 bits per heavy atom. The molecular formula is C18H25N5O.